The summed E-state index contributed by atoms with van der Waals surface area (Å²) in [5.74, 6) is 1.56. The number of aromatic amines is 1. The van der Waals surface area contributed by atoms with Crippen molar-refractivity contribution < 1.29 is 9.53 Å². The van der Waals surface area contributed by atoms with Gasteiger partial charge >= 0.3 is 0 Å². The van der Waals surface area contributed by atoms with Crippen LogP contribution in [-0.4, -0.2) is 45.7 Å². The molecular formula is C14H18N4O2S. The van der Waals surface area contributed by atoms with Crippen LogP contribution in [0.2, 0.25) is 0 Å². The second kappa shape index (κ2) is 6.36. The van der Waals surface area contributed by atoms with Gasteiger partial charge < -0.3 is 9.64 Å². The summed E-state index contributed by atoms with van der Waals surface area (Å²) in [5.41, 5.74) is 0. The van der Waals surface area contributed by atoms with Crippen LogP contribution < -0.4 is 0 Å². The van der Waals surface area contributed by atoms with Gasteiger partial charge in [0.1, 0.15) is 11.9 Å². The van der Waals surface area contributed by atoms with E-state index in [0.29, 0.717) is 31.9 Å². The molecule has 1 saturated heterocycles. The smallest absolute Gasteiger partial charge is 0.223 e. The molecule has 3 rings (SSSR count). The molecule has 6 nitrogen and oxygen atoms in total. The van der Waals surface area contributed by atoms with Crippen molar-refractivity contribution in [2.24, 2.45) is 0 Å². The highest BCUT2D eigenvalue weighted by Gasteiger charge is 2.27. The van der Waals surface area contributed by atoms with Crippen LogP contribution in [0.5, 0.6) is 0 Å². The van der Waals surface area contributed by atoms with E-state index in [-0.39, 0.29) is 12.0 Å². The molecule has 0 aromatic carbocycles. The van der Waals surface area contributed by atoms with Gasteiger partial charge in [-0.1, -0.05) is 6.07 Å². The number of aromatic nitrogens is 3. The molecule has 0 spiro atoms. The zero-order chi connectivity index (χ0) is 14.7. The average molecular weight is 306 g/mol. The van der Waals surface area contributed by atoms with Gasteiger partial charge in [-0.3, -0.25) is 9.89 Å². The van der Waals surface area contributed by atoms with Crippen molar-refractivity contribution in [1.29, 1.82) is 0 Å². The predicted octanol–water partition coefficient (Wildman–Crippen LogP) is 1.71. The number of nitrogens with zero attached hydrogens (tertiary/aromatic N) is 3. The average Bonchev–Trinajstić information content (AvgIpc) is 3.16. The minimum absolute atomic E-state index is 0.170. The maximum atomic E-state index is 12.3. The molecule has 1 aliphatic rings. The van der Waals surface area contributed by atoms with Crippen molar-refractivity contribution >= 4 is 17.2 Å². The molecule has 3 heterocycles. The molecule has 21 heavy (non-hydrogen) atoms. The number of carbonyl (C=O) groups excluding carboxylic acids is 1. The van der Waals surface area contributed by atoms with Gasteiger partial charge in [-0.25, -0.2) is 4.98 Å². The molecule has 0 saturated carbocycles. The third-order valence-electron chi connectivity index (χ3n) is 3.49. The zero-order valence-electron chi connectivity index (χ0n) is 11.9. The van der Waals surface area contributed by atoms with Crippen LogP contribution in [0.1, 0.15) is 29.1 Å². The predicted molar refractivity (Wildman–Crippen MR) is 79.0 cm³/mol. The van der Waals surface area contributed by atoms with Crippen LogP contribution in [0.3, 0.4) is 0 Å². The molecule has 1 N–H and O–H groups in total. The van der Waals surface area contributed by atoms with E-state index in [1.807, 2.05) is 23.3 Å². The van der Waals surface area contributed by atoms with Crippen molar-refractivity contribution in [2.45, 2.75) is 25.9 Å². The van der Waals surface area contributed by atoms with Gasteiger partial charge in [0.15, 0.2) is 5.82 Å². The summed E-state index contributed by atoms with van der Waals surface area (Å²) in [6.45, 7) is 3.55. The standard InChI is InChI=1S/C14H18N4O2S/c1-10-15-14(17-16-10)12-9-18(6-7-20-12)13(19)5-4-11-3-2-8-21-11/h2-3,8,12H,4-7,9H2,1H3,(H,15,16,17). The van der Waals surface area contributed by atoms with Crippen molar-refractivity contribution in [3.05, 3.63) is 34.0 Å². The quantitative estimate of drug-likeness (QED) is 0.933. The molecule has 0 radical (unpaired) electrons. The lowest BCUT2D eigenvalue weighted by molar-refractivity contribution is -0.139. The first-order valence-electron chi connectivity index (χ1n) is 7.03. The van der Waals surface area contributed by atoms with Gasteiger partial charge in [-0.15, -0.1) is 11.3 Å². The van der Waals surface area contributed by atoms with E-state index in [4.69, 9.17) is 4.74 Å². The number of nitrogens with one attached hydrogen (secondary N) is 1. The number of hydrogen-bond acceptors (Lipinski definition) is 5. The Morgan fingerprint density at radius 1 is 1.62 bits per heavy atom. The fraction of sp³-hybridized carbons (Fsp3) is 0.500. The van der Waals surface area contributed by atoms with Crippen LogP contribution in [0.15, 0.2) is 17.5 Å². The molecule has 0 bridgehead atoms. The van der Waals surface area contributed by atoms with E-state index in [9.17, 15) is 4.79 Å². The Morgan fingerprint density at radius 3 is 3.24 bits per heavy atom. The molecule has 2 aromatic rings. The molecular weight excluding hydrogens is 288 g/mol. The topological polar surface area (TPSA) is 71.1 Å². The minimum atomic E-state index is -0.227. The van der Waals surface area contributed by atoms with Crippen molar-refractivity contribution in [3.63, 3.8) is 0 Å². The third kappa shape index (κ3) is 3.48. The SMILES string of the molecule is Cc1nc(C2CN(C(=O)CCc3cccs3)CCO2)n[nH]1. The van der Waals surface area contributed by atoms with Crippen LogP contribution in [0.4, 0.5) is 0 Å². The van der Waals surface area contributed by atoms with E-state index in [1.54, 1.807) is 11.3 Å². The molecule has 0 aliphatic carbocycles. The highest BCUT2D eigenvalue weighted by atomic mass is 32.1. The maximum absolute atomic E-state index is 12.3. The number of ether oxygens (including phenoxy) is 1. The number of rotatable bonds is 4. The lowest BCUT2D eigenvalue weighted by atomic mass is 10.2. The Morgan fingerprint density at radius 2 is 2.52 bits per heavy atom. The Bertz CT molecular complexity index is 596. The summed E-state index contributed by atoms with van der Waals surface area (Å²) in [4.78, 5) is 19.7. The molecule has 7 heteroatoms. The summed E-state index contributed by atoms with van der Waals surface area (Å²) in [7, 11) is 0. The second-order valence-corrected chi connectivity index (χ2v) is 6.09. The van der Waals surface area contributed by atoms with Crippen molar-refractivity contribution in [3.8, 4) is 0 Å². The van der Waals surface area contributed by atoms with Gasteiger partial charge in [-0.2, -0.15) is 5.10 Å². The lowest BCUT2D eigenvalue weighted by Crippen LogP contribution is -2.42. The Kier molecular flexibility index (Phi) is 4.31. The highest BCUT2D eigenvalue weighted by molar-refractivity contribution is 7.09. The summed E-state index contributed by atoms with van der Waals surface area (Å²) < 4.78 is 5.67. The van der Waals surface area contributed by atoms with E-state index < -0.39 is 0 Å². The summed E-state index contributed by atoms with van der Waals surface area (Å²) in [6.07, 6.45) is 1.12. The molecule has 1 atom stereocenters. The van der Waals surface area contributed by atoms with E-state index in [1.165, 1.54) is 4.88 Å². The molecule has 1 fully saturated rings. The highest BCUT2D eigenvalue weighted by Crippen LogP contribution is 2.20. The number of morpholine rings is 1. The zero-order valence-corrected chi connectivity index (χ0v) is 12.7. The molecule has 2 aromatic heterocycles. The summed E-state index contributed by atoms with van der Waals surface area (Å²) in [5, 5.41) is 8.97. The number of carbonyl (C=O) groups is 1. The van der Waals surface area contributed by atoms with E-state index >= 15 is 0 Å². The summed E-state index contributed by atoms with van der Waals surface area (Å²) >= 11 is 1.69. The van der Waals surface area contributed by atoms with Gasteiger partial charge in [0.25, 0.3) is 0 Å². The minimum Gasteiger partial charge on any atom is -0.366 e. The number of amides is 1. The van der Waals surface area contributed by atoms with Gasteiger partial charge in [0.2, 0.25) is 5.91 Å². The molecule has 1 unspecified atom stereocenters. The normalized spacial score (nSPS) is 18.9. The Balaban J connectivity index is 1.56. The monoisotopic (exact) mass is 306 g/mol. The Labute approximate surface area is 127 Å². The van der Waals surface area contributed by atoms with Gasteiger partial charge in [-0.05, 0) is 24.8 Å². The largest absolute Gasteiger partial charge is 0.366 e. The van der Waals surface area contributed by atoms with Crippen LogP contribution in [0, 0.1) is 6.92 Å². The number of H-pyrrole nitrogens is 1. The summed E-state index contributed by atoms with van der Waals surface area (Å²) in [6, 6.07) is 4.08. The maximum Gasteiger partial charge on any atom is 0.223 e. The fourth-order valence-electron chi connectivity index (χ4n) is 2.38. The van der Waals surface area contributed by atoms with E-state index in [0.717, 1.165) is 12.2 Å². The molecule has 1 aliphatic heterocycles. The first-order valence-corrected chi connectivity index (χ1v) is 7.91. The van der Waals surface area contributed by atoms with Crippen LogP contribution >= 0.6 is 11.3 Å². The number of thiophene rings is 1. The number of hydrogen-bond donors (Lipinski definition) is 1. The molecule has 112 valence electrons. The van der Waals surface area contributed by atoms with Crippen molar-refractivity contribution in [2.75, 3.05) is 19.7 Å². The van der Waals surface area contributed by atoms with Gasteiger partial charge in [0.05, 0.1) is 13.2 Å². The number of aryl methyl sites for hydroxylation is 2. The lowest BCUT2D eigenvalue weighted by Gasteiger charge is -2.31. The Hall–Kier alpha value is -1.73. The van der Waals surface area contributed by atoms with Gasteiger partial charge in [0, 0.05) is 17.8 Å². The van der Waals surface area contributed by atoms with E-state index in [2.05, 4.69) is 21.2 Å². The second-order valence-electron chi connectivity index (χ2n) is 5.06. The van der Waals surface area contributed by atoms with Crippen LogP contribution in [-0.2, 0) is 16.0 Å². The van der Waals surface area contributed by atoms with Crippen molar-refractivity contribution in [1.82, 2.24) is 20.1 Å². The third-order valence-corrected chi connectivity index (χ3v) is 4.42. The first-order chi connectivity index (χ1) is 10.2. The van der Waals surface area contributed by atoms with Crippen LogP contribution in [0.25, 0.3) is 0 Å². The fourth-order valence-corrected chi connectivity index (χ4v) is 3.09. The molecule has 1 amide bonds. The first kappa shape index (κ1) is 14.2.